The molecule has 0 spiro atoms. The minimum Gasteiger partial charge on any atom is -0.493 e. The van der Waals surface area contributed by atoms with Crippen LogP contribution in [0.3, 0.4) is 0 Å². The zero-order valence-electron chi connectivity index (χ0n) is 23.1. The van der Waals surface area contributed by atoms with Gasteiger partial charge in [0.1, 0.15) is 5.75 Å². The number of amides is 1. The topological polar surface area (TPSA) is 48.1 Å². The first kappa shape index (κ1) is 26.6. The highest BCUT2D eigenvalue weighted by Gasteiger charge is 2.27. The Morgan fingerprint density at radius 2 is 1.56 bits per heavy atom. The number of carbonyl (C=O) groups excluding carboxylic acids is 1. The van der Waals surface area contributed by atoms with E-state index in [1.807, 2.05) is 43.3 Å². The standard InChI is InChI=1S/C33H38N4O2/c1-4-39-31-19-16-25-10-8-9-13-29(25)32(31)33(38)34-24-30(26-14-17-27(18-15-26)35(2)3)37-22-20-36(21-23-37)28-11-6-5-7-12-28/h5-19,30H,4,20-24H2,1-3H3,(H,34,38). The Morgan fingerprint density at radius 3 is 2.26 bits per heavy atom. The number of piperazine rings is 1. The van der Waals surface area contributed by atoms with E-state index in [2.05, 4.69) is 88.7 Å². The van der Waals surface area contributed by atoms with Crippen LogP contribution in [0.15, 0.2) is 91.0 Å². The molecule has 4 aromatic rings. The monoisotopic (exact) mass is 522 g/mol. The van der Waals surface area contributed by atoms with Crippen molar-refractivity contribution in [2.45, 2.75) is 13.0 Å². The molecule has 0 aromatic heterocycles. The van der Waals surface area contributed by atoms with Gasteiger partial charge in [-0.3, -0.25) is 9.69 Å². The Labute approximate surface area is 231 Å². The largest absolute Gasteiger partial charge is 0.493 e. The van der Waals surface area contributed by atoms with Crippen LogP contribution in [0, 0.1) is 0 Å². The lowest BCUT2D eigenvalue weighted by molar-refractivity contribution is 0.0928. The van der Waals surface area contributed by atoms with Crippen molar-refractivity contribution in [1.29, 1.82) is 0 Å². The Bertz CT molecular complexity index is 1380. The Balaban J connectivity index is 1.38. The highest BCUT2D eigenvalue weighted by atomic mass is 16.5. The first-order valence-corrected chi connectivity index (χ1v) is 13.8. The number of ether oxygens (including phenoxy) is 1. The van der Waals surface area contributed by atoms with E-state index in [1.165, 1.54) is 11.3 Å². The first-order valence-electron chi connectivity index (χ1n) is 13.8. The molecule has 6 heteroatoms. The molecule has 1 aliphatic rings. The third kappa shape index (κ3) is 6.02. The van der Waals surface area contributed by atoms with Gasteiger partial charge >= 0.3 is 0 Å². The summed E-state index contributed by atoms with van der Waals surface area (Å²) in [5.74, 6) is 0.519. The van der Waals surface area contributed by atoms with E-state index < -0.39 is 0 Å². The molecule has 0 aliphatic carbocycles. The van der Waals surface area contributed by atoms with Crippen molar-refractivity contribution in [1.82, 2.24) is 10.2 Å². The number of anilines is 2. The fourth-order valence-electron chi connectivity index (χ4n) is 5.42. The molecule has 1 amide bonds. The van der Waals surface area contributed by atoms with E-state index in [0.717, 1.165) is 42.6 Å². The molecule has 4 aromatic carbocycles. The second-order valence-corrected chi connectivity index (χ2v) is 10.2. The molecule has 1 N–H and O–H groups in total. The van der Waals surface area contributed by atoms with Crippen LogP contribution in [0.2, 0.25) is 0 Å². The zero-order chi connectivity index (χ0) is 27.2. The summed E-state index contributed by atoms with van der Waals surface area (Å²) in [7, 11) is 4.10. The number of carbonyl (C=O) groups is 1. The van der Waals surface area contributed by atoms with Gasteiger partial charge in [-0.05, 0) is 53.6 Å². The van der Waals surface area contributed by atoms with Crippen molar-refractivity contribution in [3.05, 3.63) is 102 Å². The average molecular weight is 523 g/mol. The molecular formula is C33H38N4O2. The van der Waals surface area contributed by atoms with Crippen LogP contribution in [0.25, 0.3) is 10.8 Å². The molecule has 5 rings (SSSR count). The van der Waals surface area contributed by atoms with Crippen LogP contribution in [0.5, 0.6) is 5.75 Å². The van der Waals surface area contributed by atoms with Gasteiger partial charge in [-0.1, -0.05) is 60.7 Å². The highest BCUT2D eigenvalue weighted by Crippen LogP contribution is 2.30. The van der Waals surface area contributed by atoms with Gasteiger partial charge in [0.2, 0.25) is 0 Å². The maximum atomic E-state index is 13.7. The smallest absolute Gasteiger partial charge is 0.255 e. The van der Waals surface area contributed by atoms with Crippen LogP contribution in [0.4, 0.5) is 11.4 Å². The van der Waals surface area contributed by atoms with E-state index in [0.29, 0.717) is 24.5 Å². The number of fused-ring (bicyclic) bond motifs is 1. The van der Waals surface area contributed by atoms with Crippen LogP contribution < -0.4 is 19.9 Å². The van der Waals surface area contributed by atoms with Gasteiger partial charge in [0.15, 0.2) is 0 Å². The summed E-state index contributed by atoms with van der Waals surface area (Å²) >= 11 is 0. The summed E-state index contributed by atoms with van der Waals surface area (Å²) in [4.78, 5) is 20.8. The quantitative estimate of drug-likeness (QED) is 0.310. The molecular weight excluding hydrogens is 484 g/mol. The Hall–Kier alpha value is -4.03. The van der Waals surface area contributed by atoms with Crippen molar-refractivity contribution in [2.75, 3.05) is 63.2 Å². The molecule has 0 saturated carbocycles. The predicted molar refractivity (Wildman–Crippen MR) is 161 cm³/mol. The summed E-state index contributed by atoms with van der Waals surface area (Å²) in [5, 5.41) is 5.22. The van der Waals surface area contributed by atoms with Crippen LogP contribution in [-0.4, -0.2) is 64.2 Å². The van der Waals surface area contributed by atoms with Crippen molar-refractivity contribution < 1.29 is 9.53 Å². The van der Waals surface area contributed by atoms with Gasteiger partial charge in [-0.15, -0.1) is 0 Å². The minimum absolute atomic E-state index is 0.0635. The first-order chi connectivity index (χ1) is 19.0. The Morgan fingerprint density at radius 1 is 0.872 bits per heavy atom. The van der Waals surface area contributed by atoms with E-state index >= 15 is 0 Å². The van der Waals surface area contributed by atoms with Crippen molar-refractivity contribution in [3.63, 3.8) is 0 Å². The van der Waals surface area contributed by atoms with E-state index in [-0.39, 0.29) is 11.9 Å². The van der Waals surface area contributed by atoms with Gasteiger partial charge in [0.05, 0.1) is 18.2 Å². The summed E-state index contributed by atoms with van der Waals surface area (Å²) in [6.45, 7) is 6.70. The molecule has 39 heavy (non-hydrogen) atoms. The van der Waals surface area contributed by atoms with Crippen molar-refractivity contribution in [3.8, 4) is 5.75 Å². The molecule has 1 heterocycles. The minimum atomic E-state index is -0.104. The number of nitrogens with one attached hydrogen (secondary N) is 1. The molecule has 6 nitrogen and oxygen atoms in total. The number of rotatable bonds is 9. The van der Waals surface area contributed by atoms with E-state index in [9.17, 15) is 4.79 Å². The summed E-state index contributed by atoms with van der Waals surface area (Å²) in [5.41, 5.74) is 4.23. The van der Waals surface area contributed by atoms with Crippen LogP contribution in [-0.2, 0) is 0 Å². The van der Waals surface area contributed by atoms with Crippen LogP contribution in [0.1, 0.15) is 28.9 Å². The molecule has 0 bridgehead atoms. The maximum Gasteiger partial charge on any atom is 0.255 e. The third-order valence-corrected chi connectivity index (χ3v) is 7.54. The van der Waals surface area contributed by atoms with Crippen molar-refractivity contribution in [2.24, 2.45) is 0 Å². The lowest BCUT2D eigenvalue weighted by atomic mass is 10.0. The van der Waals surface area contributed by atoms with Gasteiger partial charge in [0, 0.05) is 58.2 Å². The SMILES string of the molecule is CCOc1ccc2ccccc2c1C(=O)NCC(c1ccc(N(C)C)cc1)N1CCN(c2ccccc2)CC1. The molecule has 1 saturated heterocycles. The van der Waals surface area contributed by atoms with E-state index in [4.69, 9.17) is 4.74 Å². The normalized spacial score (nSPS) is 14.7. The summed E-state index contributed by atoms with van der Waals surface area (Å²) in [6.07, 6.45) is 0. The second kappa shape index (κ2) is 12.2. The predicted octanol–water partition coefficient (Wildman–Crippen LogP) is 5.60. The fourth-order valence-corrected chi connectivity index (χ4v) is 5.42. The fraction of sp³-hybridized carbons (Fsp3) is 0.303. The van der Waals surface area contributed by atoms with Gasteiger partial charge < -0.3 is 19.9 Å². The second-order valence-electron chi connectivity index (χ2n) is 10.2. The Kier molecular flexibility index (Phi) is 8.33. The number of hydrogen-bond donors (Lipinski definition) is 1. The molecule has 1 atom stereocenters. The maximum absolute atomic E-state index is 13.7. The lowest BCUT2D eigenvalue weighted by Crippen LogP contribution is -2.50. The summed E-state index contributed by atoms with van der Waals surface area (Å²) < 4.78 is 5.88. The number of nitrogens with zero attached hydrogens (tertiary/aromatic N) is 3. The molecule has 1 unspecified atom stereocenters. The van der Waals surface area contributed by atoms with Gasteiger partial charge in [-0.2, -0.15) is 0 Å². The lowest BCUT2D eigenvalue weighted by Gasteiger charge is -2.40. The van der Waals surface area contributed by atoms with Gasteiger partial charge in [-0.25, -0.2) is 0 Å². The molecule has 202 valence electrons. The molecule has 0 radical (unpaired) electrons. The summed E-state index contributed by atoms with van der Waals surface area (Å²) in [6, 6.07) is 31.3. The number of hydrogen-bond acceptors (Lipinski definition) is 5. The molecule has 1 fully saturated rings. The highest BCUT2D eigenvalue weighted by molar-refractivity contribution is 6.09. The van der Waals surface area contributed by atoms with E-state index in [1.54, 1.807) is 0 Å². The van der Waals surface area contributed by atoms with Gasteiger partial charge in [0.25, 0.3) is 5.91 Å². The molecule has 1 aliphatic heterocycles. The average Bonchev–Trinajstić information content (AvgIpc) is 2.98. The number of benzene rings is 4. The van der Waals surface area contributed by atoms with Crippen LogP contribution >= 0.6 is 0 Å². The number of para-hydroxylation sites is 1. The van der Waals surface area contributed by atoms with Crippen molar-refractivity contribution >= 4 is 28.1 Å². The third-order valence-electron chi connectivity index (χ3n) is 7.54. The zero-order valence-corrected chi connectivity index (χ0v) is 23.1.